The summed E-state index contributed by atoms with van der Waals surface area (Å²) >= 11 is 0. The molecule has 3 nitrogen and oxygen atoms in total. The first kappa shape index (κ1) is 28.4. The Morgan fingerprint density at radius 3 is 2.08 bits per heavy atom. The van der Waals surface area contributed by atoms with Crippen LogP contribution >= 0.6 is 0 Å². The number of nitrogens with zero attached hydrogens (tertiary/aromatic N) is 1. The lowest BCUT2D eigenvalue weighted by atomic mass is 10.0. The van der Waals surface area contributed by atoms with Crippen LogP contribution in [0.25, 0.3) is 0 Å². The number of carbonyl (C=O) groups excluding carboxylic acids is 1. The average Bonchev–Trinajstić information content (AvgIpc) is 2.87. The molecule has 1 aliphatic heterocycles. The topological polar surface area (TPSA) is 40.5 Å². The molecule has 0 fully saturated rings. The quantitative estimate of drug-likeness (QED) is 0.745. The van der Waals surface area contributed by atoms with Crippen LogP contribution in [0, 0.1) is 6.92 Å². The molecule has 0 bridgehead atoms. The van der Waals surface area contributed by atoms with Crippen LogP contribution < -0.4 is 0 Å². The fraction of sp³-hybridized carbons (Fsp3) is 0.667. The van der Waals surface area contributed by atoms with E-state index in [0.29, 0.717) is 12.1 Å². The fourth-order valence-corrected chi connectivity index (χ4v) is 2.07. The Morgan fingerprint density at radius 2 is 1.64 bits per heavy atom. The van der Waals surface area contributed by atoms with E-state index in [2.05, 4.69) is 0 Å². The maximum atomic E-state index is 13.8. The molecule has 0 saturated carbocycles. The van der Waals surface area contributed by atoms with Crippen LogP contribution in [0.5, 0.6) is 0 Å². The molecule has 1 unspecified atom stereocenters. The van der Waals surface area contributed by atoms with Gasteiger partial charge in [-0.1, -0.05) is 66.7 Å². The molecule has 1 atom stereocenters. The normalized spacial score (nSPS) is 12.9. The summed E-state index contributed by atoms with van der Waals surface area (Å²) in [4.78, 5) is 13.5. The van der Waals surface area contributed by atoms with Crippen molar-refractivity contribution in [1.82, 2.24) is 4.90 Å². The van der Waals surface area contributed by atoms with Gasteiger partial charge in [0.2, 0.25) is 0 Å². The highest BCUT2D eigenvalue weighted by Crippen LogP contribution is 2.25. The predicted octanol–water partition coefficient (Wildman–Crippen LogP) is 5.77. The van der Waals surface area contributed by atoms with E-state index in [1.165, 1.54) is 18.7 Å². The smallest absolute Gasteiger partial charge is 0.254 e. The number of alkyl halides is 1. The summed E-state index contributed by atoms with van der Waals surface area (Å²) in [6.07, 6.45) is -1.45. The van der Waals surface area contributed by atoms with Crippen molar-refractivity contribution in [3.63, 3.8) is 0 Å². The number of halogens is 1. The third-order valence-corrected chi connectivity index (χ3v) is 3.29. The number of aliphatic hydroxyl groups is 1. The number of amides is 1. The van der Waals surface area contributed by atoms with Crippen LogP contribution in [0.4, 0.5) is 4.39 Å². The molecule has 0 aromatic heterocycles. The minimum absolute atomic E-state index is 0. The fourth-order valence-electron chi connectivity index (χ4n) is 2.07. The number of aryl methyl sites for hydroxylation is 1. The highest BCUT2D eigenvalue weighted by Gasteiger charge is 2.34. The Labute approximate surface area is 155 Å². The zero-order valence-electron chi connectivity index (χ0n) is 16.9. The molecular weight excluding hydrogens is 317 g/mol. The third-order valence-electron chi connectivity index (χ3n) is 3.29. The molecule has 2 rings (SSSR count). The van der Waals surface area contributed by atoms with Crippen LogP contribution in [0.2, 0.25) is 0 Å². The summed E-state index contributed by atoms with van der Waals surface area (Å²) in [5.74, 6) is -0.156. The number of hydrogen-bond acceptors (Lipinski definition) is 2. The SMILES string of the molecule is C.CC.CC.CC.Cc1ccc2c(c1)CN(CC(F)C(C)(C)O)C2=O. The van der Waals surface area contributed by atoms with Gasteiger partial charge >= 0.3 is 0 Å². The highest BCUT2D eigenvalue weighted by molar-refractivity contribution is 5.98. The second kappa shape index (κ2) is 13.8. The van der Waals surface area contributed by atoms with E-state index in [9.17, 15) is 14.3 Å². The predicted molar refractivity (Wildman–Crippen MR) is 108 cm³/mol. The second-order valence-electron chi connectivity index (χ2n) is 5.47. The first-order valence-electron chi connectivity index (χ1n) is 9.04. The van der Waals surface area contributed by atoms with Crippen molar-refractivity contribution in [2.24, 2.45) is 0 Å². The average molecular weight is 358 g/mol. The largest absolute Gasteiger partial charge is 0.387 e. The molecule has 1 aromatic carbocycles. The van der Waals surface area contributed by atoms with Crippen molar-refractivity contribution in [3.8, 4) is 0 Å². The van der Waals surface area contributed by atoms with Crippen molar-refractivity contribution >= 4 is 5.91 Å². The molecule has 1 aromatic rings. The van der Waals surface area contributed by atoms with E-state index < -0.39 is 11.8 Å². The van der Waals surface area contributed by atoms with Crippen molar-refractivity contribution in [1.29, 1.82) is 0 Å². The standard InChI is InChI=1S/C14H18FNO2.3C2H6.CH4/c1-9-4-5-11-10(6-9)7-16(13(11)17)8-12(15)14(2,3)18;3*1-2;/h4-6,12,18H,7-8H2,1-3H3;3*1-2H3;1H4. The minimum Gasteiger partial charge on any atom is -0.387 e. The van der Waals surface area contributed by atoms with Crippen molar-refractivity contribution in [3.05, 3.63) is 34.9 Å². The number of fused-ring (bicyclic) bond motifs is 1. The molecule has 0 saturated heterocycles. The number of benzene rings is 1. The van der Waals surface area contributed by atoms with Crippen LogP contribution in [0.1, 0.15) is 84.3 Å². The molecule has 1 N–H and O–H groups in total. The van der Waals surface area contributed by atoms with Gasteiger partial charge in [-0.3, -0.25) is 4.79 Å². The minimum atomic E-state index is -1.45. The number of hydrogen-bond donors (Lipinski definition) is 1. The van der Waals surface area contributed by atoms with E-state index >= 15 is 0 Å². The van der Waals surface area contributed by atoms with Gasteiger partial charge in [0.15, 0.2) is 0 Å². The summed E-state index contributed by atoms with van der Waals surface area (Å²) in [6.45, 7) is 17.1. The number of carbonyl (C=O) groups is 1. The van der Waals surface area contributed by atoms with Crippen molar-refractivity contribution in [2.45, 2.75) is 88.1 Å². The van der Waals surface area contributed by atoms with E-state index in [4.69, 9.17) is 0 Å². The van der Waals surface area contributed by atoms with E-state index in [0.717, 1.165) is 11.1 Å². The van der Waals surface area contributed by atoms with Gasteiger partial charge in [-0.05, 0) is 32.4 Å². The Morgan fingerprint density at radius 1 is 1.16 bits per heavy atom. The molecule has 25 heavy (non-hydrogen) atoms. The zero-order valence-corrected chi connectivity index (χ0v) is 16.9. The van der Waals surface area contributed by atoms with Gasteiger partial charge in [0.05, 0.1) is 12.1 Å². The van der Waals surface area contributed by atoms with Crippen molar-refractivity contribution < 1.29 is 14.3 Å². The van der Waals surface area contributed by atoms with Crippen LogP contribution in [0.15, 0.2) is 18.2 Å². The molecule has 1 heterocycles. The Balaban J connectivity index is -0.000000626. The molecule has 1 amide bonds. The molecule has 0 spiro atoms. The van der Waals surface area contributed by atoms with E-state index in [1.807, 2.05) is 60.6 Å². The summed E-state index contributed by atoms with van der Waals surface area (Å²) in [6, 6.07) is 5.61. The van der Waals surface area contributed by atoms with Gasteiger partial charge in [0.25, 0.3) is 5.91 Å². The molecule has 0 aliphatic carbocycles. The van der Waals surface area contributed by atoms with Crippen molar-refractivity contribution in [2.75, 3.05) is 6.54 Å². The lowest BCUT2D eigenvalue weighted by molar-refractivity contribution is -0.0159. The summed E-state index contributed by atoms with van der Waals surface area (Å²) in [7, 11) is 0. The lowest BCUT2D eigenvalue weighted by Crippen LogP contribution is -2.42. The summed E-state index contributed by atoms with van der Waals surface area (Å²) in [5.41, 5.74) is 1.24. The first-order chi connectivity index (χ1) is 11.3. The van der Waals surface area contributed by atoms with Gasteiger partial charge in [-0.25, -0.2) is 4.39 Å². The lowest BCUT2D eigenvalue weighted by Gasteiger charge is -2.26. The Hall–Kier alpha value is -1.42. The Kier molecular flexibility index (Phi) is 15.7. The van der Waals surface area contributed by atoms with Gasteiger partial charge in [-0.15, -0.1) is 0 Å². The monoisotopic (exact) mass is 357 g/mol. The summed E-state index contributed by atoms with van der Waals surface area (Å²) in [5, 5.41) is 9.58. The van der Waals surface area contributed by atoms with Crippen LogP contribution in [-0.4, -0.2) is 34.2 Å². The highest BCUT2D eigenvalue weighted by atomic mass is 19.1. The van der Waals surface area contributed by atoms with Gasteiger partial charge in [0.1, 0.15) is 6.17 Å². The molecule has 148 valence electrons. The first-order valence-corrected chi connectivity index (χ1v) is 9.04. The molecule has 1 aliphatic rings. The third kappa shape index (κ3) is 8.48. The molecule has 0 radical (unpaired) electrons. The maximum Gasteiger partial charge on any atom is 0.254 e. The maximum absolute atomic E-state index is 13.8. The molecular formula is C21H40FNO2. The van der Waals surface area contributed by atoms with Crippen LogP contribution in [-0.2, 0) is 6.54 Å². The zero-order chi connectivity index (χ0) is 19.5. The van der Waals surface area contributed by atoms with Gasteiger partial charge < -0.3 is 10.0 Å². The Bertz CT molecular complexity index is 481. The number of rotatable bonds is 3. The summed E-state index contributed by atoms with van der Waals surface area (Å²) < 4.78 is 13.8. The van der Waals surface area contributed by atoms with E-state index in [1.54, 1.807) is 6.07 Å². The van der Waals surface area contributed by atoms with Gasteiger partial charge in [-0.2, -0.15) is 0 Å². The van der Waals surface area contributed by atoms with E-state index in [-0.39, 0.29) is 19.9 Å². The second-order valence-corrected chi connectivity index (χ2v) is 5.47. The molecule has 4 heteroatoms. The van der Waals surface area contributed by atoms with Crippen LogP contribution in [0.3, 0.4) is 0 Å². The van der Waals surface area contributed by atoms with Gasteiger partial charge in [0, 0.05) is 12.1 Å².